The maximum Gasteiger partial charge on any atom is 0.412 e. The van der Waals surface area contributed by atoms with Gasteiger partial charge in [0.25, 0.3) is 5.56 Å². The maximum absolute atomic E-state index is 13.5. The summed E-state index contributed by atoms with van der Waals surface area (Å²) in [5.74, 6) is 0.676. The smallest absolute Gasteiger partial charge is 0.412 e. The van der Waals surface area contributed by atoms with Crippen LogP contribution in [-0.2, 0) is 4.74 Å². The van der Waals surface area contributed by atoms with Crippen LogP contribution in [0.3, 0.4) is 0 Å². The van der Waals surface area contributed by atoms with Crippen molar-refractivity contribution in [2.45, 2.75) is 86.0 Å². The highest BCUT2D eigenvalue weighted by Crippen LogP contribution is 2.37. The van der Waals surface area contributed by atoms with Crippen molar-refractivity contribution in [3.63, 3.8) is 0 Å². The van der Waals surface area contributed by atoms with Gasteiger partial charge in [-0.3, -0.25) is 14.3 Å². The van der Waals surface area contributed by atoms with E-state index in [-0.39, 0.29) is 17.0 Å². The first-order valence-electron chi connectivity index (χ1n) is 16.3. The fourth-order valence-corrected chi connectivity index (χ4v) is 6.39. The summed E-state index contributed by atoms with van der Waals surface area (Å²) in [6.07, 6.45) is 0.656. The first-order chi connectivity index (χ1) is 21.6. The van der Waals surface area contributed by atoms with Crippen molar-refractivity contribution in [2.24, 2.45) is 5.41 Å². The molecule has 1 aliphatic rings. The Bertz CT molecular complexity index is 1560. The number of benzene rings is 2. The summed E-state index contributed by atoms with van der Waals surface area (Å²) in [5, 5.41) is 2.07. The van der Waals surface area contributed by atoms with Gasteiger partial charge in [-0.05, 0) is 95.1 Å². The standard InChI is InChI=1S/C36H50Cl2N4O4/c1-25(2)42(36(7,8)35(4,5)6)34(44)46-26(3)41-31-24-28(16-14-27(31)15-17-32(41)43)45-23-10-9-18-39-19-21-40(22-20-39)30-13-11-12-29(37)33(30)38/h11-17,24-26H,9-10,18-23H2,1-8H3. The van der Waals surface area contributed by atoms with Crippen LogP contribution in [-0.4, -0.2) is 71.4 Å². The fourth-order valence-electron chi connectivity index (χ4n) is 5.98. The molecule has 1 aliphatic heterocycles. The molecule has 1 unspecified atom stereocenters. The molecule has 1 atom stereocenters. The number of rotatable bonds is 11. The average Bonchev–Trinajstić information content (AvgIpc) is 2.97. The number of hydrogen-bond acceptors (Lipinski definition) is 6. The maximum atomic E-state index is 13.5. The summed E-state index contributed by atoms with van der Waals surface area (Å²) in [4.78, 5) is 33.2. The summed E-state index contributed by atoms with van der Waals surface area (Å²) in [6, 6.07) is 14.7. The van der Waals surface area contributed by atoms with E-state index in [1.54, 1.807) is 17.9 Å². The second kappa shape index (κ2) is 14.9. The second-order valence-corrected chi connectivity index (χ2v) is 14.8. The fraction of sp³-hybridized carbons (Fsp3) is 0.556. The van der Waals surface area contributed by atoms with Crippen LogP contribution < -0.4 is 15.2 Å². The van der Waals surface area contributed by atoms with E-state index in [0.717, 1.165) is 56.6 Å². The Morgan fingerprint density at radius 2 is 1.61 bits per heavy atom. The molecule has 2 aromatic carbocycles. The van der Waals surface area contributed by atoms with E-state index in [0.29, 0.717) is 27.9 Å². The number of anilines is 1. The number of pyridine rings is 1. The molecule has 1 amide bonds. The summed E-state index contributed by atoms with van der Waals surface area (Å²) in [5.41, 5.74) is 0.742. The van der Waals surface area contributed by atoms with Crippen LogP contribution >= 0.6 is 23.2 Å². The van der Waals surface area contributed by atoms with Crippen LogP contribution in [0.5, 0.6) is 5.75 Å². The topological polar surface area (TPSA) is 67.2 Å². The van der Waals surface area contributed by atoms with Gasteiger partial charge >= 0.3 is 6.09 Å². The molecule has 0 saturated carbocycles. The van der Waals surface area contributed by atoms with E-state index in [1.165, 1.54) is 10.6 Å². The van der Waals surface area contributed by atoms with Gasteiger partial charge in [0.05, 0.1) is 27.9 Å². The van der Waals surface area contributed by atoms with Crippen LogP contribution in [0.1, 0.15) is 74.5 Å². The van der Waals surface area contributed by atoms with E-state index < -0.39 is 17.9 Å². The molecule has 2 heterocycles. The Morgan fingerprint density at radius 3 is 2.26 bits per heavy atom. The third-order valence-corrected chi connectivity index (χ3v) is 10.3. The number of carbonyl (C=O) groups is 1. The van der Waals surface area contributed by atoms with Crippen LogP contribution in [0, 0.1) is 5.41 Å². The number of carbonyl (C=O) groups excluding carboxylic acids is 1. The molecular formula is C36H50Cl2N4O4. The number of aromatic nitrogens is 1. The van der Waals surface area contributed by atoms with Gasteiger partial charge < -0.3 is 19.3 Å². The Balaban J connectivity index is 1.34. The van der Waals surface area contributed by atoms with Crippen molar-refractivity contribution in [3.05, 3.63) is 68.9 Å². The molecule has 0 spiro atoms. The Labute approximate surface area is 284 Å². The summed E-state index contributed by atoms with van der Waals surface area (Å²) in [6.45, 7) is 21.4. The largest absolute Gasteiger partial charge is 0.494 e. The minimum Gasteiger partial charge on any atom is -0.494 e. The predicted molar refractivity (Wildman–Crippen MR) is 190 cm³/mol. The molecule has 10 heteroatoms. The lowest BCUT2D eigenvalue weighted by atomic mass is 9.74. The molecular weight excluding hydrogens is 623 g/mol. The first kappa shape index (κ1) is 35.9. The Morgan fingerprint density at radius 1 is 0.935 bits per heavy atom. The lowest BCUT2D eigenvalue weighted by Gasteiger charge is -2.49. The second-order valence-electron chi connectivity index (χ2n) is 14.0. The van der Waals surface area contributed by atoms with Crippen LogP contribution in [0.25, 0.3) is 10.9 Å². The summed E-state index contributed by atoms with van der Waals surface area (Å²) in [7, 11) is 0. The van der Waals surface area contributed by atoms with Crippen molar-refractivity contribution >= 4 is 45.9 Å². The van der Waals surface area contributed by atoms with Gasteiger partial charge in [-0.2, -0.15) is 0 Å². The minimum absolute atomic E-state index is 0.0872. The zero-order chi connectivity index (χ0) is 33.8. The SMILES string of the molecule is CC(C)N(C(=O)OC(C)n1c(=O)ccc2ccc(OCCCCN3CCN(c4cccc(Cl)c4Cl)CC3)cc21)C(C)(C)C(C)(C)C. The van der Waals surface area contributed by atoms with E-state index in [1.807, 2.05) is 64.1 Å². The van der Waals surface area contributed by atoms with Gasteiger partial charge in [0, 0.05) is 49.9 Å². The van der Waals surface area contributed by atoms with Crippen molar-refractivity contribution in [1.29, 1.82) is 0 Å². The van der Waals surface area contributed by atoms with Gasteiger partial charge in [-0.15, -0.1) is 0 Å². The van der Waals surface area contributed by atoms with Crippen molar-refractivity contribution in [3.8, 4) is 5.75 Å². The monoisotopic (exact) mass is 672 g/mol. The number of hydrogen-bond donors (Lipinski definition) is 0. The number of ether oxygens (including phenoxy) is 2. The number of amides is 1. The van der Waals surface area contributed by atoms with Gasteiger partial charge in [-0.25, -0.2) is 4.79 Å². The first-order valence-corrected chi connectivity index (χ1v) is 17.1. The van der Waals surface area contributed by atoms with Crippen LogP contribution in [0.2, 0.25) is 10.0 Å². The zero-order valence-electron chi connectivity index (χ0n) is 28.6. The Hall–Kier alpha value is -2.94. The van der Waals surface area contributed by atoms with Crippen molar-refractivity contribution in [2.75, 3.05) is 44.2 Å². The molecule has 3 aromatic rings. The van der Waals surface area contributed by atoms with Crippen LogP contribution in [0.15, 0.2) is 53.3 Å². The van der Waals surface area contributed by atoms with Gasteiger partial charge in [0.15, 0.2) is 6.23 Å². The third kappa shape index (κ3) is 8.12. The molecule has 0 aliphatic carbocycles. The van der Waals surface area contributed by atoms with Gasteiger partial charge in [0.1, 0.15) is 5.75 Å². The van der Waals surface area contributed by atoms with Crippen molar-refractivity contribution in [1.82, 2.24) is 14.4 Å². The van der Waals surface area contributed by atoms with Crippen LogP contribution in [0.4, 0.5) is 10.5 Å². The molecule has 252 valence electrons. The van der Waals surface area contributed by atoms with E-state index in [4.69, 9.17) is 32.7 Å². The summed E-state index contributed by atoms with van der Waals surface area (Å²) < 4.78 is 13.6. The normalized spacial score (nSPS) is 15.3. The number of halogens is 2. The molecule has 8 nitrogen and oxygen atoms in total. The third-order valence-electron chi connectivity index (χ3n) is 9.47. The molecule has 0 N–H and O–H groups in total. The number of unbranched alkanes of at least 4 members (excludes halogenated alkanes) is 1. The predicted octanol–water partition coefficient (Wildman–Crippen LogP) is 8.48. The lowest BCUT2D eigenvalue weighted by Crippen LogP contribution is -2.58. The average molecular weight is 674 g/mol. The molecule has 0 radical (unpaired) electrons. The number of nitrogens with zero attached hydrogens (tertiary/aromatic N) is 4. The highest BCUT2D eigenvalue weighted by molar-refractivity contribution is 6.43. The highest BCUT2D eigenvalue weighted by atomic mass is 35.5. The Kier molecular flexibility index (Phi) is 11.6. The molecule has 1 saturated heterocycles. The number of fused-ring (bicyclic) bond motifs is 1. The van der Waals surface area contributed by atoms with Gasteiger partial charge in [-0.1, -0.05) is 50.0 Å². The van der Waals surface area contributed by atoms with Crippen molar-refractivity contribution < 1.29 is 14.3 Å². The van der Waals surface area contributed by atoms with Gasteiger partial charge in [0.2, 0.25) is 0 Å². The number of piperazine rings is 1. The lowest BCUT2D eigenvalue weighted by molar-refractivity contribution is -0.0290. The molecule has 46 heavy (non-hydrogen) atoms. The minimum atomic E-state index is -0.814. The molecule has 1 fully saturated rings. The quantitative estimate of drug-likeness (QED) is 0.190. The van der Waals surface area contributed by atoms with E-state index in [9.17, 15) is 9.59 Å². The summed E-state index contributed by atoms with van der Waals surface area (Å²) >= 11 is 12.6. The molecule has 4 rings (SSSR count). The van der Waals surface area contributed by atoms with E-state index >= 15 is 0 Å². The molecule has 1 aromatic heterocycles. The highest BCUT2D eigenvalue weighted by Gasteiger charge is 2.43. The van der Waals surface area contributed by atoms with E-state index in [2.05, 4.69) is 30.6 Å². The zero-order valence-corrected chi connectivity index (χ0v) is 30.1. The molecule has 0 bridgehead atoms.